The van der Waals surface area contributed by atoms with Crippen molar-refractivity contribution in [1.82, 2.24) is 15.2 Å². The van der Waals surface area contributed by atoms with E-state index in [-0.39, 0.29) is 56.2 Å². The topological polar surface area (TPSA) is 122 Å². The molecule has 3 fully saturated rings. The average Bonchev–Trinajstić information content (AvgIpc) is 3.73. The second-order valence-electron chi connectivity index (χ2n) is 17.8. The molecule has 5 atom stereocenters. The third-order valence-corrected chi connectivity index (χ3v) is 13.4. The summed E-state index contributed by atoms with van der Waals surface area (Å²) in [6.07, 6.45) is -6.15. The summed E-state index contributed by atoms with van der Waals surface area (Å²) in [5, 5.41) is 2.56. The molecule has 0 radical (unpaired) electrons. The Kier molecular flexibility index (Phi) is 11.2. The van der Waals surface area contributed by atoms with Crippen LogP contribution in [0.5, 0.6) is 0 Å². The number of H-pyrrole nitrogens is 1. The molecule has 0 saturated heterocycles. The standard InChI is InChI=1S/C18H19F3N2O.C12H15F3N2O2.C11H15ClO2/c1-16(2)11-8-9-17(16,3)14-13(11)15(24)23(22-14)12-7-5-4-6-10(12)18(19,20)21;1-11(2,3)19-10(18)17-16-9-7-5-4-6-8(9)12(13,14)15;1-10(2)6-4-5-11(10,3)8(13)7(6)9(12)14/h4-7,11,22H,8-9H2,1-3H3;4-7,16H,1-3H3,(H,17,18);6-7H,4-5H2,1-3H3/t11-,17+;;6-,7?,11+/m1.1/s1. The summed E-state index contributed by atoms with van der Waals surface area (Å²) in [6, 6.07) is 10.0. The molecule has 16 heteroatoms. The second kappa shape index (κ2) is 14.5. The molecular weight excluding hydrogens is 778 g/mol. The van der Waals surface area contributed by atoms with E-state index < -0.39 is 46.3 Å². The van der Waals surface area contributed by atoms with Crippen molar-refractivity contribution in [3.63, 3.8) is 0 Å². The van der Waals surface area contributed by atoms with Gasteiger partial charge in [-0.1, -0.05) is 65.8 Å². The largest absolute Gasteiger partial charge is 0.443 e. The molecule has 3 aromatic rings. The number of ether oxygens (including phenoxy) is 1. The Morgan fingerprint density at radius 3 is 1.84 bits per heavy atom. The van der Waals surface area contributed by atoms with Crippen molar-refractivity contribution in [2.45, 2.75) is 117 Å². The lowest BCUT2D eigenvalue weighted by Crippen LogP contribution is -2.36. The van der Waals surface area contributed by atoms with Gasteiger partial charge in [-0.3, -0.25) is 24.9 Å². The highest BCUT2D eigenvalue weighted by Gasteiger charge is 2.67. The Balaban J connectivity index is 0.000000169. The van der Waals surface area contributed by atoms with Crippen molar-refractivity contribution >= 4 is 34.4 Å². The Hall–Kier alpha value is -4.27. The van der Waals surface area contributed by atoms with Gasteiger partial charge in [0.25, 0.3) is 5.56 Å². The summed E-state index contributed by atoms with van der Waals surface area (Å²) in [4.78, 5) is 47.5. The van der Waals surface area contributed by atoms with E-state index in [1.165, 1.54) is 36.4 Å². The minimum absolute atomic E-state index is 0.0596. The van der Waals surface area contributed by atoms with Crippen LogP contribution < -0.4 is 16.4 Å². The first kappa shape index (κ1) is 43.8. The zero-order valence-electron chi connectivity index (χ0n) is 33.3. The zero-order chi connectivity index (χ0) is 42.9. The van der Waals surface area contributed by atoms with Crippen LogP contribution in [-0.4, -0.2) is 32.5 Å². The summed E-state index contributed by atoms with van der Waals surface area (Å²) >= 11 is 5.50. The van der Waals surface area contributed by atoms with Crippen molar-refractivity contribution in [2.75, 3.05) is 5.43 Å². The van der Waals surface area contributed by atoms with Crippen molar-refractivity contribution < 1.29 is 45.5 Å². The minimum Gasteiger partial charge on any atom is -0.443 e. The molecular formula is C41H49ClF6N4O5. The Morgan fingerprint density at radius 1 is 0.807 bits per heavy atom. The number of para-hydroxylation sites is 2. The molecule has 1 unspecified atom stereocenters. The van der Waals surface area contributed by atoms with Gasteiger partial charge in [0.2, 0.25) is 5.24 Å². The fourth-order valence-corrected chi connectivity index (χ4v) is 9.59. The summed E-state index contributed by atoms with van der Waals surface area (Å²) in [5.74, 6) is -0.213. The van der Waals surface area contributed by atoms with Crippen LogP contribution in [-0.2, 0) is 32.1 Å². The number of hydrogen-bond acceptors (Lipinski definition) is 6. The molecule has 3 saturated carbocycles. The van der Waals surface area contributed by atoms with Crippen LogP contribution in [0, 0.1) is 28.1 Å². The predicted octanol–water partition coefficient (Wildman–Crippen LogP) is 10.3. The molecule has 1 heterocycles. The molecule has 1 amide bonds. The number of carbonyl (C=O) groups excluding carboxylic acids is 3. The number of anilines is 1. The molecule has 0 spiro atoms. The zero-order valence-corrected chi connectivity index (χ0v) is 34.1. The minimum atomic E-state index is -4.51. The van der Waals surface area contributed by atoms with E-state index in [0.717, 1.165) is 48.2 Å². The first-order valence-corrected chi connectivity index (χ1v) is 19.1. The van der Waals surface area contributed by atoms with Crippen LogP contribution in [0.15, 0.2) is 53.3 Å². The molecule has 1 aromatic heterocycles. The Labute approximate surface area is 332 Å². The number of rotatable bonds is 4. The van der Waals surface area contributed by atoms with Gasteiger partial charge in [0, 0.05) is 22.1 Å². The fourth-order valence-electron chi connectivity index (χ4n) is 9.33. The van der Waals surface area contributed by atoms with Crippen molar-refractivity contribution in [3.05, 3.63) is 81.3 Å². The molecule has 4 aliphatic rings. The molecule has 4 bridgehead atoms. The number of ketones is 1. The van der Waals surface area contributed by atoms with Crippen LogP contribution in [0.1, 0.15) is 116 Å². The van der Waals surface area contributed by atoms with E-state index in [1.807, 2.05) is 6.92 Å². The van der Waals surface area contributed by atoms with Crippen molar-refractivity contribution in [1.29, 1.82) is 0 Å². The maximum Gasteiger partial charge on any atom is 0.426 e. The molecule has 57 heavy (non-hydrogen) atoms. The molecule has 7 rings (SSSR count). The van der Waals surface area contributed by atoms with Crippen LogP contribution in [0.3, 0.4) is 0 Å². The van der Waals surface area contributed by atoms with Gasteiger partial charge >= 0.3 is 18.4 Å². The van der Waals surface area contributed by atoms with Crippen LogP contribution >= 0.6 is 11.6 Å². The number of halogens is 7. The van der Waals surface area contributed by atoms with Gasteiger partial charge in [-0.05, 0) is 105 Å². The Morgan fingerprint density at radius 2 is 1.35 bits per heavy atom. The number of hydrogen-bond donors (Lipinski definition) is 3. The number of fused-ring (bicyclic) bond motifs is 7. The van der Waals surface area contributed by atoms with E-state index in [1.54, 1.807) is 20.8 Å². The van der Waals surface area contributed by atoms with Crippen LogP contribution in [0.25, 0.3) is 5.69 Å². The smallest absolute Gasteiger partial charge is 0.426 e. The summed E-state index contributed by atoms with van der Waals surface area (Å²) < 4.78 is 83.9. The number of aromatic amines is 1. The van der Waals surface area contributed by atoms with Gasteiger partial charge in [0.15, 0.2) is 5.78 Å². The number of amides is 1. The SMILES string of the molecule is CC(C)(C)OC(=O)NNc1ccccc1C(F)(F)F.CC1(C)[C@@H]2CC[C@@]1(C)C(=O)C2C(=O)Cl.CC1(C)[C@@H]2CC[C@@]1(C)c1[nH]n(-c3ccccc3C(F)(F)F)c(=O)c12. The summed E-state index contributed by atoms with van der Waals surface area (Å²) in [7, 11) is 0. The summed E-state index contributed by atoms with van der Waals surface area (Å²) in [6.45, 7) is 17.5. The number of Topliss-reactive ketones (excluding diaryl/α,β-unsaturated/α-hetero) is 1. The van der Waals surface area contributed by atoms with Gasteiger partial charge in [-0.15, -0.1) is 0 Å². The van der Waals surface area contributed by atoms with E-state index in [0.29, 0.717) is 5.56 Å². The van der Waals surface area contributed by atoms with E-state index in [9.17, 15) is 45.5 Å². The third kappa shape index (κ3) is 7.60. The van der Waals surface area contributed by atoms with Gasteiger partial charge in [0.05, 0.1) is 28.4 Å². The first-order valence-electron chi connectivity index (χ1n) is 18.7. The lowest BCUT2D eigenvalue weighted by molar-refractivity contribution is -0.138. The normalized spacial score (nSPS) is 26.5. The molecule has 3 N–H and O–H groups in total. The molecule has 0 aliphatic heterocycles. The van der Waals surface area contributed by atoms with Gasteiger partial charge < -0.3 is 4.74 Å². The highest BCUT2D eigenvalue weighted by Crippen LogP contribution is 2.67. The highest BCUT2D eigenvalue weighted by atomic mass is 35.5. The Bertz CT molecular complexity index is 2120. The van der Waals surface area contributed by atoms with E-state index in [4.69, 9.17) is 16.3 Å². The molecule has 2 aromatic carbocycles. The number of aromatic nitrogens is 2. The van der Waals surface area contributed by atoms with Crippen LogP contribution in [0.4, 0.5) is 36.8 Å². The maximum absolute atomic E-state index is 13.3. The average molecular weight is 827 g/mol. The quantitative estimate of drug-likeness (QED) is 0.104. The van der Waals surface area contributed by atoms with Crippen molar-refractivity contribution in [3.8, 4) is 5.69 Å². The number of hydrazine groups is 1. The third-order valence-electron chi connectivity index (χ3n) is 13.2. The first-order chi connectivity index (χ1) is 26.0. The number of benzene rings is 2. The van der Waals surface area contributed by atoms with Gasteiger partial charge in [0.1, 0.15) is 5.60 Å². The fraction of sp³-hybridized carbons (Fsp3) is 0.561. The lowest BCUT2D eigenvalue weighted by atomic mass is 9.70. The molecule has 312 valence electrons. The highest BCUT2D eigenvalue weighted by molar-refractivity contribution is 6.65. The van der Waals surface area contributed by atoms with Crippen molar-refractivity contribution in [2.24, 2.45) is 28.1 Å². The second-order valence-corrected chi connectivity index (χ2v) is 18.2. The maximum atomic E-state index is 13.3. The lowest BCUT2D eigenvalue weighted by Gasteiger charge is -2.34. The molecule has 4 aliphatic carbocycles. The number of carbonyl (C=O) groups is 3. The van der Waals surface area contributed by atoms with Gasteiger partial charge in [-0.2, -0.15) is 26.3 Å². The van der Waals surface area contributed by atoms with E-state index in [2.05, 4.69) is 50.6 Å². The van der Waals surface area contributed by atoms with E-state index >= 15 is 0 Å². The number of alkyl halides is 6. The predicted molar refractivity (Wildman–Crippen MR) is 203 cm³/mol. The molecule has 9 nitrogen and oxygen atoms in total. The monoisotopic (exact) mass is 826 g/mol. The number of nitrogens with one attached hydrogen (secondary N) is 3. The van der Waals surface area contributed by atoms with Crippen LogP contribution in [0.2, 0.25) is 0 Å². The number of nitrogens with zero attached hydrogens (tertiary/aromatic N) is 1. The summed E-state index contributed by atoms with van der Waals surface area (Å²) in [5.41, 5.74) is 1.95. The van der Waals surface area contributed by atoms with Gasteiger partial charge in [-0.25, -0.2) is 14.9 Å².